The Morgan fingerprint density at radius 2 is 1.68 bits per heavy atom. The van der Waals surface area contributed by atoms with Gasteiger partial charge in [0.05, 0.1) is 12.8 Å². The lowest BCUT2D eigenvalue weighted by Gasteiger charge is -2.14. The van der Waals surface area contributed by atoms with E-state index in [9.17, 15) is 4.79 Å². The quantitative estimate of drug-likeness (QED) is 0.881. The van der Waals surface area contributed by atoms with Crippen molar-refractivity contribution in [2.24, 2.45) is 0 Å². The number of carbonyl (C=O) groups excluding carboxylic acids is 1. The highest BCUT2D eigenvalue weighted by Gasteiger charge is 2.10. The first-order valence-electron chi connectivity index (χ1n) is 7.26. The summed E-state index contributed by atoms with van der Waals surface area (Å²) in [6, 6.07) is 15.0. The van der Waals surface area contributed by atoms with Gasteiger partial charge in [-0.15, -0.1) is 0 Å². The number of methoxy groups -OCH3 is 1. The van der Waals surface area contributed by atoms with Crippen LogP contribution in [0.15, 0.2) is 48.5 Å². The van der Waals surface area contributed by atoms with Gasteiger partial charge in [0.25, 0.3) is 5.91 Å². The second-order valence-corrected chi connectivity index (χ2v) is 5.23. The van der Waals surface area contributed by atoms with E-state index in [0.717, 1.165) is 11.3 Å². The largest absolute Gasteiger partial charge is 0.495 e. The summed E-state index contributed by atoms with van der Waals surface area (Å²) in [6.45, 7) is 4.15. The van der Waals surface area contributed by atoms with Gasteiger partial charge in [0, 0.05) is 0 Å². The van der Waals surface area contributed by atoms with Crippen molar-refractivity contribution in [1.82, 2.24) is 0 Å². The molecule has 2 aromatic rings. The lowest BCUT2D eigenvalue weighted by atomic mass is 10.0. The number of rotatable bonds is 6. The van der Waals surface area contributed by atoms with E-state index in [1.54, 1.807) is 19.2 Å². The van der Waals surface area contributed by atoms with Gasteiger partial charge in [0.2, 0.25) is 0 Å². The zero-order chi connectivity index (χ0) is 15.9. The van der Waals surface area contributed by atoms with Crippen LogP contribution in [0, 0.1) is 0 Å². The molecule has 0 fully saturated rings. The molecule has 0 aliphatic carbocycles. The van der Waals surface area contributed by atoms with Gasteiger partial charge in [-0.3, -0.25) is 4.79 Å². The van der Waals surface area contributed by atoms with Gasteiger partial charge in [-0.2, -0.15) is 0 Å². The molecule has 0 aromatic heterocycles. The van der Waals surface area contributed by atoms with Gasteiger partial charge in [-0.1, -0.05) is 44.2 Å². The highest BCUT2D eigenvalue weighted by Crippen LogP contribution is 2.26. The van der Waals surface area contributed by atoms with Crippen molar-refractivity contribution in [2.45, 2.75) is 19.8 Å². The van der Waals surface area contributed by atoms with Crippen LogP contribution in [0.25, 0.3) is 0 Å². The number of nitrogens with one attached hydrogen (secondary N) is 1. The second-order valence-electron chi connectivity index (χ2n) is 5.23. The van der Waals surface area contributed by atoms with Gasteiger partial charge >= 0.3 is 0 Å². The molecule has 4 nitrogen and oxygen atoms in total. The normalized spacial score (nSPS) is 10.4. The van der Waals surface area contributed by atoms with Gasteiger partial charge in [0.15, 0.2) is 6.61 Å². The van der Waals surface area contributed by atoms with Crippen molar-refractivity contribution in [3.05, 3.63) is 54.1 Å². The molecule has 116 valence electrons. The van der Waals surface area contributed by atoms with E-state index in [-0.39, 0.29) is 12.5 Å². The molecule has 0 aliphatic rings. The maximum atomic E-state index is 12.0. The average molecular weight is 299 g/mol. The second kappa shape index (κ2) is 7.50. The Hall–Kier alpha value is -2.49. The Labute approximate surface area is 131 Å². The van der Waals surface area contributed by atoms with Crippen molar-refractivity contribution in [3.63, 3.8) is 0 Å². The number of ether oxygens (including phenoxy) is 2. The minimum absolute atomic E-state index is 0.0399. The highest BCUT2D eigenvalue weighted by atomic mass is 16.5. The highest BCUT2D eigenvalue weighted by molar-refractivity contribution is 5.93. The average Bonchev–Trinajstić information content (AvgIpc) is 2.53. The summed E-state index contributed by atoms with van der Waals surface area (Å²) >= 11 is 0. The van der Waals surface area contributed by atoms with Gasteiger partial charge < -0.3 is 14.8 Å². The minimum Gasteiger partial charge on any atom is -0.495 e. The van der Waals surface area contributed by atoms with Gasteiger partial charge in [0.1, 0.15) is 11.5 Å². The zero-order valence-corrected chi connectivity index (χ0v) is 13.1. The van der Waals surface area contributed by atoms with Crippen LogP contribution >= 0.6 is 0 Å². The van der Waals surface area contributed by atoms with Crippen molar-refractivity contribution in [2.75, 3.05) is 19.0 Å². The number of para-hydroxylation sites is 3. The topological polar surface area (TPSA) is 47.6 Å². The van der Waals surface area contributed by atoms with Crippen LogP contribution in [-0.2, 0) is 4.79 Å². The van der Waals surface area contributed by atoms with Crippen LogP contribution in [0.3, 0.4) is 0 Å². The summed E-state index contributed by atoms with van der Waals surface area (Å²) in [5.41, 5.74) is 1.73. The SMILES string of the molecule is COc1ccccc1NC(=O)COc1ccccc1C(C)C. The molecule has 4 heteroatoms. The van der Waals surface area contributed by atoms with E-state index in [1.165, 1.54) is 0 Å². The van der Waals surface area contributed by atoms with Crippen LogP contribution in [0.1, 0.15) is 25.3 Å². The molecular weight excluding hydrogens is 278 g/mol. The lowest BCUT2D eigenvalue weighted by Crippen LogP contribution is -2.21. The van der Waals surface area contributed by atoms with Crippen LogP contribution in [0.4, 0.5) is 5.69 Å². The third-order valence-corrected chi connectivity index (χ3v) is 3.28. The fraction of sp³-hybridized carbons (Fsp3) is 0.278. The first-order chi connectivity index (χ1) is 10.6. The van der Waals surface area contributed by atoms with E-state index < -0.39 is 0 Å². The Bertz CT molecular complexity index is 638. The fourth-order valence-corrected chi connectivity index (χ4v) is 2.17. The first-order valence-corrected chi connectivity index (χ1v) is 7.26. The van der Waals surface area contributed by atoms with E-state index in [4.69, 9.17) is 9.47 Å². The number of hydrogen-bond donors (Lipinski definition) is 1. The van der Waals surface area contributed by atoms with Crippen LogP contribution in [-0.4, -0.2) is 19.6 Å². The van der Waals surface area contributed by atoms with Crippen molar-refractivity contribution in [1.29, 1.82) is 0 Å². The molecule has 0 saturated heterocycles. The first kappa shape index (κ1) is 15.9. The van der Waals surface area contributed by atoms with Gasteiger partial charge in [-0.25, -0.2) is 0 Å². The Balaban J connectivity index is 1.99. The van der Waals surface area contributed by atoms with E-state index in [2.05, 4.69) is 19.2 Å². The molecular formula is C18H21NO3. The Morgan fingerprint density at radius 3 is 2.36 bits per heavy atom. The van der Waals surface area contributed by atoms with Crippen LogP contribution in [0.5, 0.6) is 11.5 Å². The van der Waals surface area contributed by atoms with Crippen LogP contribution < -0.4 is 14.8 Å². The Morgan fingerprint density at radius 1 is 1.05 bits per heavy atom. The third kappa shape index (κ3) is 4.01. The monoisotopic (exact) mass is 299 g/mol. The standard InChI is InChI=1S/C18H21NO3/c1-13(2)14-8-4-6-10-16(14)22-12-18(20)19-15-9-5-7-11-17(15)21-3/h4-11,13H,12H2,1-3H3,(H,19,20). The molecule has 2 rings (SSSR count). The molecule has 0 atom stereocenters. The maximum absolute atomic E-state index is 12.0. The Kier molecular flexibility index (Phi) is 5.42. The zero-order valence-electron chi connectivity index (χ0n) is 13.1. The molecule has 0 bridgehead atoms. The van der Waals surface area contributed by atoms with Crippen molar-refractivity contribution >= 4 is 11.6 Å². The van der Waals surface area contributed by atoms with E-state index in [1.807, 2.05) is 36.4 Å². The summed E-state index contributed by atoms with van der Waals surface area (Å²) in [4.78, 5) is 12.0. The lowest BCUT2D eigenvalue weighted by molar-refractivity contribution is -0.118. The van der Waals surface area contributed by atoms with Crippen molar-refractivity contribution in [3.8, 4) is 11.5 Å². The number of benzene rings is 2. The van der Waals surface area contributed by atoms with Gasteiger partial charge in [-0.05, 0) is 29.7 Å². The van der Waals surface area contributed by atoms with Crippen LogP contribution in [0.2, 0.25) is 0 Å². The maximum Gasteiger partial charge on any atom is 0.262 e. The summed E-state index contributed by atoms with van der Waals surface area (Å²) in [5, 5.41) is 2.79. The summed E-state index contributed by atoms with van der Waals surface area (Å²) < 4.78 is 10.9. The molecule has 0 spiro atoms. The number of hydrogen-bond acceptors (Lipinski definition) is 3. The number of carbonyl (C=O) groups is 1. The van der Waals surface area contributed by atoms with E-state index in [0.29, 0.717) is 17.4 Å². The minimum atomic E-state index is -0.219. The molecule has 0 radical (unpaired) electrons. The van der Waals surface area contributed by atoms with E-state index >= 15 is 0 Å². The predicted octanol–water partition coefficient (Wildman–Crippen LogP) is 3.84. The third-order valence-electron chi connectivity index (χ3n) is 3.28. The smallest absolute Gasteiger partial charge is 0.262 e. The molecule has 0 unspecified atom stereocenters. The number of anilines is 1. The predicted molar refractivity (Wildman–Crippen MR) is 87.6 cm³/mol. The summed E-state index contributed by atoms with van der Waals surface area (Å²) in [7, 11) is 1.57. The molecule has 0 aliphatic heterocycles. The molecule has 1 N–H and O–H groups in total. The molecule has 0 saturated carbocycles. The summed E-state index contributed by atoms with van der Waals surface area (Å²) in [6.07, 6.45) is 0. The molecule has 22 heavy (non-hydrogen) atoms. The fourth-order valence-electron chi connectivity index (χ4n) is 2.17. The molecule has 2 aromatic carbocycles. The van der Waals surface area contributed by atoms with Crippen molar-refractivity contribution < 1.29 is 14.3 Å². The molecule has 0 heterocycles. The number of amides is 1. The molecule has 1 amide bonds. The summed E-state index contributed by atoms with van der Waals surface area (Å²) in [5.74, 6) is 1.49.